The molecule has 7 heteroatoms. The second kappa shape index (κ2) is 5.31. The number of aromatic amines is 1. The number of hydrogen-bond acceptors (Lipinski definition) is 3. The largest absolute Gasteiger partial charge is 0.497 e. The van der Waals surface area contributed by atoms with Crippen molar-refractivity contribution in [2.24, 2.45) is 0 Å². The number of H-pyrrole nitrogens is 1. The zero-order valence-corrected chi connectivity index (χ0v) is 14.3. The number of fused-ring (bicyclic) bond motifs is 1. The minimum atomic E-state index is 0.583. The van der Waals surface area contributed by atoms with Gasteiger partial charge < -0.3 is 9.72 Å². The lowest BCUT2D eigenvalue weighted by molar-refractivity contribution is 0.414. The SMILES string of the molecule is COc1ccc(Br)c(-n2c(=S)[nH]c3cc(Br)cnc32)c1. The summed E-state index contributed by atoms with van der Waals surface area (Å²) in [6.07, 6.45) is 1.75. The molecule has 4 nitrogen and oxygen atoms in total. The first kappa shape index (κ1) is 13.8. The van der Waals surface area contributed by atoms with E-state index in [0.29, 0.717) is 4.77 Å². The Morgan fingerprint density at radius 1 is 1.30 bits per heavy atom. The lowest BCUT2D eigenvalue weighted by Gasteiger charge is -2.09. The van der Waals surface area contributed by atoms with E-state index in [1.807, 2.05) is 28.8 Å². The van der Waals surface area contributed by atoms with Crippen LogP contribution in [0, 0.1) is 4.77 Å². The highest BCUT2D eigenvalue weighted by atomic mass is 79.9. The van der Waals surface area contributed by atoms with Crippen LogP contribution in [0.5, 0.6) is 5.75 Å². The third-order valence-electron chi connectivity index (χ3n) is 2.88. The van der Waals surface area contributed by atoms with Gasteiger partial charge in [0.1, 0.15) is 5.75 Å². The molecule has 3 aromatic rings. The van der Waals surface area contributed by atoms with E-state index in [1.165, 1.54) is 0 Å². The Hall–Kier alpha value is -1.18. The first-order valence-electron chi connectivity index (χ1n) is 5.70. The van der Waals surface area contributed by atoms with Gasteiger partial charge >= 0.3 is 0 Å². The number of nitrogens with zero attached hydrogens (tertiary/aromatic N) is 2. The minimum Gasteiger partial charge on any atom is -0.497 e. The molecule has 0 unspecified atom stereocenters. The Bertz CT molecular complexity index is 856. The fourth-order valence-electron chi connectivity index (χ4n) is 1.98. The Morgan fingerprint density at radius 3 is 2.85 bits per heavy atom. The van der Waals surface area contributed by atoms with Gasteiger partial charge in [-0.05, 0) is 62.3 Å². The molecule has 0 amide bonds. The average molecular weight is 415 g/mol. The van der Waals surface area contributed by atoms with Crippen LogP contribution in [-0.2, 0) is 0 Å². The van der Waals surface area contributed by atoms with Gasteiger partial charge in [-0.1, -0.05) is 0 Å². The van der Waals surface area contributed by atoms with Crippen LogP contribution in [0.3, 0.4) is 0 Å². The van der Waals surface area contributed by atoms with E-state index >= 15 is 0 Å². The van der Waals surface area contributed by atoms with Crippen LogP contribution in [0.25, 0.3) is 16.9 Å². The van der Waals surface area contributed by atoms with E-state index < -0.39 is 0 Å². The zero-order chi connectivity index (χ0) is 14.3. The third kappa shape index (κ3) is 2.30. The first-order chi connectivity index (χ1) is 9.60. The van der Waals surface area contributed by atoms with E-state index in [0.717, 1.165) is 31.5 Å². The topological polar surface area (TPSA) is 42.8 Å². The van der Waals surface area contributed by atoms with Gasteiger partial charge in [0.2, 0.25) is 0 Å². The lowest BCUT2D eigenvalue weighted by Crippen LogP contribution is -1.97. The van der Waals surface area contributed by atoms with Gasteiger partial charge in [-0.2, -0.15) is 0 Å². The lowest BCUT2D eigenvalue weighted by atomic mass is 10.3. The molecule has 0 aliphatic carbocycles. The van der Waals surface area contributed by atoms with Crippen LogP contribution < -0.4 is 4.74 Å². The molecule has 0 atom stereocenters. The van der Waals surface area contributed by atoms with Crippen LogP contribution in [0.4, 0.5) is 0 Å². The monoisotopic (exact) mass is 413 g/mol. The molecule has 0 aliphatic heterocycles. The predicted octanol–water partition coefficient (Wildman–Crippen LogP) is 4.62. The number of aromatic nitrogens is 3. The molecule has 0 fully saturated rings. The number of halogens is 2. The molecule has 2 heterocycles. The summed E-state index contributed by atoms with van der Waals surface area (Å²) in [7, 11) is 1.64. The maximum atomic E-state index is 5.41. The molecular weight excluding hydrogens is 406 g/mol. The van der Waals surface area contributed by atoms with Crippen LogP contribution in [0.1, 0.15) is 0 Å². The van der Waals surface area contributed by atoms with Gasteiger partial charge in [0, 0.05) is 21.2 Å². The van der Waals surface area contributed by atoms with Crippen molar-refractivity contribution in [1.29, 1.82) is 0 Å². The molecule has 102 valence electrons. The predicted molar refractivity (Wildman–Crippen MR) is 88.2 cm³/mol. The smallest absolute Gasteiger partial charge is 0.184 e. The van der Waals surface area contributed by atoms with Gasteiger partial charge in [0.25, 0.3) is 0 Å². The Kier molecular flexibility index (Phi) is 3.66. The summed E-state index contributed by atoms with van der Waals surface area (Å²) in [4.78, 5) is 7.59. The molecule has 3 rings (SSSR count). The molecule has 1 N–H and O–H groups in total. The van der Waals surface area contributed by atoms with Crippen molar-refractivity contribution >= 4 is 55.2 Å². The zero-order valence-electron chi connectivity index (χ0n) is 10.4. The van der Waals surface area contributed by atoms with Crippen molar-refractivity contribution in [3.05, 3.63) is 44.2 Å². The third-order valence-corrected chi connectivity index (χ3v) is 4.27. The number of methoxy groups -OCH3 is 1. The van der Waals surface area contributed by atoms with Gasteiger partial charge in [-0.15, -0.1) is 0 Å². The minimum absolute atomic E-state index is 0.583. The first-order valence-corrected chi connectivity index (χ1v) is 7.70. The maximum absolute atomic E-state index is 5.41. The molecular formula is C13H9Br2N3OS. The number of nitrogens with one attached hydrogen (secondary N) is 1. The summed E-state index contributed by atoms with van der Waals surface area (Å²) in [5.41, 5.74) is 2.53. The summed E-state index contributed by atoms with van der Waals surface area (Å²) >= 11 is 12.4. The molecule has 20 heavy (non-hydrogen) atoms. The summed E-state index contributed by atoms with van der Waals surface area (Å²) in [5.74, 6) is 0.761. The molecule has 1 aromatic carbocycles. The highest BCUT2D eigenvalue weighted by molar-refractivity contribution is 9.10. The summed E-state index contributed by atoms with van der Waals surface area (Å²) in [6, 6.07) is 7.67. The van der Waals surface area contributed by atoms with Gasteiger partial charge in [-0.3, -0.25) is 4.57 Å². The summed E-state index contributed by atoms with van der Waals surface area (Å²) < 4.78 is 9.55. The summed E-state index contributed by atoms with van der Waals surface area (Å²) in [5, 5.41) is 0. The van der Waals surface area contributed by atoms with Crippen LogP contribution in [0.2, 0.25) is 0 Å². The number of benzene rings is 1. The van der Waals surface area contributed by atoms with Crippen molar-refractivity contribution < 1.29 is 4.74 Å². The second-order valence-corrected chi connectivity index (χ2v) is 6.26. The van der Waals surface area contributed by atoms with Crippen molar-refractivity contribution in [2.75, 3.05) is 7.11 Å². The highest BCUT2D eigenvalue weighted by Crippen LogP contribution is 2.29. The molecule has 0 saturated heterocycles. The molecule has 0 aliphatic rings. The van der Waals surface area contributed by atoms with Crippen molar-refractivity contribution in [3.8, 4) is 11.4 Å². The Labute approximate surface area is 137 Å². The molecule has 0 spiro atoms. The Morgan fingerprint density at radius 2 is 2.10 bits per heavy atom. The molecule has 2 aromatic heterocycles. The molecule has 0 radical (unpaired) electrons. The van der Waals surface area contributed by atoms with E-state index in [-0.39, 0.29) is 0 Å². The normalized spacial score (nSPS) is 10.9. The fourth-order valence-corrected chi connectivity index (χ4v) is 3.03. The van der Waals surface area contributed by atoms with Gasteiger partial charge in [0.15, 0.2) is 10.4 Å². The van der Waals surface area contributed by atoms with Crippen LogP contribution in [0.15, 0.2) is 39.4 Å². The standard InChI is InChI=1S/C13H9Br2N3OS/c1-19-8-2-3-9(15)11(5-8)18-12-10(17-13(18)20)4-7(14)6-16-12/h2-6H,1H3,(H,17,20). The van der Waals surface area contributed by atoms with E-state index in [4.69, 9.17) is 17.0 Å². The van der Waals surface area contributed by atoms with E-state index in [9.17, 15) is 0 Å². The fraction of sp³-hybridized carbons (Fsp3) is 0.0769. The number of hydrogen-bond donors (Lipinski definition) is 1. The van der Waals surface area contributed by atoms with Gasteiger partial charge in [-0.25, -0.2) is 4.98 Å². The average Bonchev–Trinajstić information content (AvgIpc) is 2.74. The van der Waals surface area contributed by atoms with E-state index in [1.54, 1.807) is 13.3 Å². The number of ether oxygens (including phenoxy) is 1. The quantitative estimate of drug-likeness (QED) is 0.622. The van der Waals surface area contributed by atoms with Crippen LogP contribution in [-0.4, -0.2) is 21.6 Å². The molecule has 0 bridgehead atoms. The number of pyridine rings is 1. The maximum Gasteiger partial charge on any atom is 0.184 e. The van der Waals surface area contributed by atoms with E-state index in [2.05, 4.69) is 41.8 Å². The number of imidazole rings is 1. The molecule has 0 saturated carbocycles. The summed E-state index contributed by atoms with van der Waals surface area (Å²) in [6.45, 7) is 0. The number of rotatable bonds is 2. The second-order valence-electron chi connectivity index (χ2n) is 4.11. The van der Waals surface area contributed by atoms with Crippen molar-refractivity contribution in [3.63, 3.8) is 0 Å². The van der Waals surface area contributed by atoms with Crippen LogP contribution >= 0.6 is 44.1 Å². The Balaban J connectivity index is 2.34. The van der Waals surface area contributed by atoms with Gasteiger partial charge in [0.05, 0.1) is 18.3 Å². The highest BCUT2D eigenvalue weighted by Gasteiger charge is 2.12. The van der Waals surface area contributed by atoms with Crippen molar-refractivity contribution in [2.45, 2.75) is 0 Å². The van der Waals surface area contributed by atoms with Crippen molar-refractivity contribution in [1.82, 2.24) is 14.5 Å².